The Labute approximate surface area is 171 Å². The lowest BCUT2D eigenvalue weighted by molar-refractivity contribution is 0.104. The quantitative estimate of drug-likeness (QED) is 0.384. The van der Waals surface area contributed by atoms with Gasteiger partial charge in [-0.05, 0) is 47.0 Å². The third kappa shape index (κ3) is 14.2. The maximum atomic E-state index is 5.96. The average molecular weight is 463 g/mol. The van der Waals surface area contributed by atoms with Crippen molar-refractivity contribution in [3.8, 4) is 0 Å². The van der Waals surface area contributed by atoms with E-state index in [0.29, 0.717) is 19.8 Å². The van der Waals surface area contributed by atoms with Crippen molar-refractivity contribution in [1.29, 1.82) is 0 Å². The molecule has 0 saturated carbocycles. The predicted molar refractivity (Wildman–Crippen MR) is 116 cm³/mol. The summed E-state index contributed by atoms with van der Waals surface area (Å²) in [5.74, 6) is 0. The molecule has 27 heavy (non-hydrogen) atoms. The molecular formula is C15H42O8Si4. The van der Waals surface area contributed by atoms with Crippen LogP contribution in [0.15, 0.2) is 0 Å². The lowest BCUT2D eigenvalue weighted by atomic mass is 10.9. The van der Waals surface area contributed by atoms with Gasteiger partial charge in [0, 0.05) is 54.2 Å². The van der Waals surface area contributed by atoms with Crippen LogP contribution in [0.25, 0.3) is 0 Å². The summed E-state index contributed by atoms with van der Waals surface area (Å²) in [7, 11) is -4.22. The lowest BCUT2D eigenvalue weighted by Crippen LogP contribution is -2.52. The molecule has 0 atom stereocenters. The molecule has 0 aromatic carbocycles. The van der Waals surface area contributed by atoms with Gasteiger partial charge in [0.15, 0.2) is 0 Å². The summed E-state index contributed by atoms with van der Waals surface area (Å²) in [5.41, 5.74) is 0. The smallest absolute Gasteiger partial charge is 0.398 e. The van der Waals surface area contributed by atoms with E-state index in [9.17, 15) is 0 Å². The van der Waals surface area contributed by atoms with E-state index in [4.69, 9.17) is 34.8 Å². The fourth-order valence-corrected chi connectivity index (χ4v) is 12.9. The van der Waals surface area contributed by atoms with Gasteiger partial charge in [-0.1, -0.05) is 0 Å². The Morgan fingerprint density at radius 3 is 1.15 bits per heavy atom. The summed E-state index contributed by atoms with van der Waals surface area (Å²) in [6.45, 7) is 19.5. The van der Waals surface area contributed by atoms with E-state index >= 15 is 0 Å². The van der Waals surface area contributed by atoms with Crippen LogP contribution in [0.3, 0.4) is 0 Å². The zero-order valence-corrected chi connectivity index (χ0v) is 23.4. The molecule has 8 nitrogen and oxygen atoms in total. The number of hydrogen-bond donors (Lipinski definition) is 0. The molecule has 0 amide bonds. The van der Waals surface area contributed by atoms with Crippen molar-refractivity contribution in [3.63, 3.8) is 0 Å². The summed E-state index contributed by atoms with van der Waals surface area (Å²) < 4.78 is 44.0. The average Bonchev–Trinajstić information content (AvgIpc) is 2.54. The molecule has 0 spiro atoms. The molecule has 0 saturated heterocycles. The first-order valence-electron chi connectivity index (χ1n) is 9.25. The normalized spacial score (nSPS) is 13.3. The maximum Gasteiger partial charge on any atom is 0.488 e. The molecule has 0 aromatic heterocycles. The first kappa shape index (κ1) is 29.7. The molecule has 0 aliphatic heterocycles. The molecule has 0 aliphatic rings. The molecule has 12 heteroatoms. The second-order valence-corrected chi connectivity index (χ2v) is 19.4. The zero-order valence-electron chi connectivity index (χ0n) is 19.4. The van der Waals surface area contributed by atoms with E-state index in [0.717, 1.165) is 0 Å². The standard InChI is InChI=1S/C9H24O4Si2.C6H18O4Si2/c1-7-10-14(4,5)13-15(6,11-8-2)12-9-3;1-7-11(4,5)10-12(6,8-2)9-3/h7-9H2,1-6H3;1-6H3. The fourth-order valence-electron chi connectivity index (χ4n) is 2.10. The maximum absolute atomic E-state index is 5.96. The van der Waals surface area contributed by atoms with Crippen LogP contribution < -0.4 is 0 Å². The van der Waals surface area contributed by atoms with Crippen LogP contribution in [0.2, 0.25) is 39.3 Å². The van der Waals surface area contributed by atoms with Crippen molar-refractivity contribution in [1.82, 2.24) is 0 Å². The fraction of sp³-hybridized carbons (Fsp3) is 1.00. The van der Waals surface area contributed by atoms with E-state index < -0.39 is 34.7 Å². The summed E-state index contributed by atoms with van der Waals surface area (Å²) in [5, 5.41) is 0. The third-order valence-electron chi connectivity index (χ3n) is 3.40. The second kappa shape index (κ2) is 13.7. The zero-order chi connectivity index (χ0) is 21.8. The minimum Gasteiger partial charge on any atom is -0.398 e. The van der Waals surface area contributed by atoms with E-state index in [2.05, 4.69) is 0 Å². The van der Waals surface area contributed by atoms with E-state index in [1.807, 2.05) is 60.1 Å². The van der Waals surface area contributed by atoms with Gasteiger partial charge in [-0.2, -0.15) is 0 Å². The summed E-state index contributed by atoms with van der Waals surface area (Å²) in [4.78, 5) is 0. The second-order valence-electron chi connectivity index (χ2n) is 6.64. The van der Waals surface area contributed by atoms with Crippen LogP contribution in [-0.4, -0.2) is 75.9 Å². The molecule has 0 radical (unpaired) electrons. The van der Waals surface area contributed by atoms with Gasteiger partial charge in [0.2, 0.25) is 0 Å². The minimum atomic E-state index is -2.49. The van der Waals surface area contributed by atoms with Crippen LogP contribution >= 0.6 is 0 Å². The van der Waals surface area contributed by atoms with Gasteiger partial charge in [0.1, 0.15) is 0 Å². The van der Waals surface area contributed by atoms with Gasteiger partial charge in [-0.3, -0.25) is 0 Å². The Hall–Kier alpha value is 0.548. The van der Waals surface area contributed by atoms with Gasteiger partial charge >= 0.3 is 34.7 Å². The summed E-state index contributed by atoms with van der Waals surface area (Å²) in [6.07, 6.45) is 0. The molecule has 0 rings (SSSR count). The van der Waals surface area contributed by atoms with Crippen LogP contribution in [0.5, 0.6) is 0 Å². The van der Waals surface area contributed by atoms with Gasteiger partial charge in [-0.25, -0.2) is 0 Å². The van der Waals surface area contributed by atoms with Crippen LogP contribution in [0.1, 0.15) is 20.8 Å². The highest BCUT2D eigenvalue weighted by Gasteiger charge is 2.42. The Bertz CT molecular complexity index is 375. The van der Waals surface area contributed by atoms with Crippen LogP contribution in [-0.2, 0) is 34.8 Å². The molecule has 0 fully saturated rings. The van der Waals surface area contributed by atoms with E-state index in [-0.39, 0.29) is 0 Å². The van der Waals surface area contributed by atoms with E-state index in [1.54, 1.807) is 21.3 Å². The molecule has 0 aromatic rings. The van der Waals surface area contributed by atoms with Gasteiger partial charge in [0.05, 0.1) is 0 Å². The van der Waals surface area contributed by atoms with Crippen molar-refractivity contribution in [2.45, 2.75) is 60.1 Å². The molecule has 166 valence electrons. The number of hydrogen-bond acceptors (Lipinski definition) is 8. The Kier molecular flexibility index (Phi) is 15.1. The molecular weight excluding hydrogens is 421 g/mol. The largest absolute Gasteiger partial charge is 0.488 e. The Morgan fingerprint density at radius 1 is 0.481 bits per heavy atom. The molecule has 0 aliphatic carbocycles. The lowest BCUT2D eigenvalue weighted by Gasteiger charge is -2.33. The summed E-state index contributed by atoms with van der Waals surface area (Å²) >= 11 is 0. The van der Waals surface area contributed by atoms with Crippen molar-refractivity contribution in [3.05, 3.63) is 0 Å². The highest BCUT2D eigenvalue weighted by Crippen LogP contribution is 2.18. The number of rotatable bonds is 13. The van der Waals surface area contributed by atoms with Crippen molar-refractivity contribution in [2.75, 3.05) is 41.2 Å². The molecule has 0 bridgehead atoms. The third-order valence-corrected chi connectivity index (χ3v) is 15.4. The summed E-state index contributed by atoms with van der Waals surface area (Å²) in [6, 6.07) is 0. The topological polar surface area (TPSA) is 73.8 Å². The molecule has 0 heterocycles. The van der Waals surface area contributed by atoms with E-state index in [1.165, 1.54) is 0 Å². The first-order chi connectivity index (χ1) is 12.3. The van der Waals surface area contributed by atoms with Crippen LogP contribution in [0, 0.1) is 0 Å². The van der Waals surface area contributed by atoms with Gasteiger partial charge < -0.3 is 34.8 Å². The van der Waals surface area contributed by atoms with Gasteiger partial charge in [-0.15, -0.1) is 0 Å². The molecule has 0 N–H and O–H groups in total. The molecule has 0 unspecified atom stereocenters. The SMILES string of the molecule is CCO[Si](C)(C)O[Si](C)(OCC)OCC.CO[Si](C)(C)O[Si](C)(OC)OC. The van der Waals surface area contributed by atoms with Gasteiger partial charge in [0.25, 0.3) is 0 Å². The van der Waals surface area contributed by atoms with Crippen molar-refractivity contribution < 1.29 is 34.8 Å². The Morgan fingerprint density at radius 2 is 0.852 bits per heavy atom. The van der Waals surface area contributed by atoms with Crippen molar-refractivity contribution >= 4 is 34.7 Å². The predicted octanol–water partition coefficient (Wildman–Crippen LogP) is 3.60. The first-order valence-corrected chi connectivity index (χ1v) is 19.3. The minimum absolute atomic E-state index is 0.610. The monoisotopic (exact) mass is 462 g/mol. The van der Waals surface area contributed by atoms with Crippen LogP contribution in [0.4, 0.5) is 0 Å². The highest BCUT2D eigenvalue weighted by atomic mass is 28.5. The van der Waals surface area contributed by atoms with Crippen molar-refractivity contribution in [2.24, 2.45) is 0 Å². The highest BCUT2D eigenvalue weighted by molar-refractivity contribution is 6.76. The Balaban J connectivity index is 0.